The third-order valence-electron chi connectivity index (χ3n) is 1.54. The van der Waals surface area contributed by atoms with Gasteiger partial charge in [-0.05, 0) is 0 Å². The molecule has 2 atom stereocenters. The van der Waals surface area contributed by atoms with Crippen molar-refractivity contribution < 1.29 is 18.6 Å². The van der Waals surface area contributed by atoms with E-state index in [4.69, 9.17) is 9.84 Å². The third kappa shape index (κ3) is 8.34. The molecule has 2 unspecified atom stereocenters. The molecule has 0 rings (SSSR count). The van der Waals surface area contributed by atoms with Crippen LogP contribution in [-0.2, 0) is 4.74 Å². The van der Waals surface area contributed by atoms with E-state index < -0.39 is 19.0 Å². The van der Waals surface area contributed by atoms with E-state index in [0.29, 0.717) is 0 Å². The molecule has 0 spiro atoms. The zero-order valence-electron chi connectivity index (χ0n) is 8.67. The Labute approximate surface area is 83.4 Å². The van der Waals surface area contributed by atoms with Crippen LogP contribution >= 0.6 is 0 Å². The fourth-order valence-electron chi connectivity index (χ4n) is 0.799. The molecule has 0 saturated carbocycles. The lowest BCUT2D eigenvalue weighted by atomic mass is 10.3. The SMILES string of the molecule is CC(C)NCC(F)COCC(F)CO. The summed E-state index contributed by atoms with van der Waals surface area (Å²) < 4.78 is 30.1. The summed E-state index contributed by atoms with van der Waals surface area (Å²) in [4.78, 5) is 0. The van der Waals surface area contributed by atoms with Crippen molar-refractivity contribution in [3.63, 3.8) is 0 Å². The van der Waals surface area contributed by atoms with Crippen molar-refractivity contribution in [3.8, 4) is 0 Å². The quantitative estimate of drug-likeness (QED) is 0.620. The van der Waals surface area contributed by atoms with Gasteiger partial charge in [0.1, 0.15) is 12.3 Å². The molecule has 0 aliphatic heterocycles. The Morgan fingerprint density at radius 3 is 2.29 bits per heavy atom. The molecular formula is C9H19F2NO2. The highest BCUT2D eigenvalue weighted by Gasteiger charge is 2.09. The van der Waals surface area contributed by atoms with Crippen LogP contribution in [0, 0.1) is 0 Å². The highest BCUT2D eigenvalue weighted by molar-refractivity contribution is 4.62. The smallest absolute Gasteiger partial charge is 0.146 e. The van der Waals surface area contributed by atoms with Crippen LogP contribution in [0.4, 0.5) is 8.78 Å². The fraction of sp³-hybridized carbons (Fsp3) is 1.00. The van der Waals surface area contributed by atoms with E-state index in [1.807, 2.05) is 13.8 Å². The van der Waals surface area contributed by atoms with E-state index in [-0.39, 0.29) is 25.8 Å². The van der Waals surface area contributed by atoms with Gasteiger partial charge in [0, 0.05) is 12.6 Å². The van der Waals surface area contributed by atoms with Crippen molar-refractivity contribution in [1.29, 1.82) is 0 Å². The highest BCUT2D eigenvalue weighted by atomic mass is 19.1. The maximum Gasteiger partial charge on any atom is 0.146 e. The molecule has 5 heteroatoms. The van der Waals surface area contributed by atoms with Gasteiger partial charge in [-0.3, -0.25) is 0 Å². The first-order chi connectivity index (χ1) is 6.56. The Bertz CT molecular complexity index is 136. The van der Waals surface area contributed by atoms with E-state index in [0.717, 1.165) is 0 Å². The van der Waals surface area contributed by atoms with Crippen LogP contribution in [0.5, 0.6) is 0 Å². The van der Waals surface area contributed by atoms with Crippen LogP contribution in [0.15, 0.2) is 0 Å². The van der Waals surface area contributed by atoms with Crippen LogP contribution in [0.2, 0.25) is 0 Å². The number of hydrogen-bond donors (Lipinski definition) is 2. The molecule has 14 heavy (non-hydrogen) atoms. The molecule has 0 aromatic carbocycles. The highest BCUT2D eigenvalue weighted by Crippen LogP contribution is 1.95. The van der Waals surface area contributed by atoms with E-state index in [1.165, 1.54) is 0 Å². The summed E-state index contributed by atoms with van der Waals surface area (Å²) in [6, 6.07) is 0.222. The van der Waals surface area contributed by atoms with Gasteiger partial charge >= 0.3 is 0 Å². The summed E-state index contributed by atoms with van der Waals surface area (Å²) in [5, 5.41) is 11.2. The molecule has 86 valence electrons. The molecule has 3 nitrogen and oxygen atoms in total. The van der Waals surface area contributed by atoms with Crippen LogP contribution in [0.25, 0.3) is 0 Å². The minimum Gasteiger partial charge on any atom is -0.393 e. The molecule has 2 N–H and O–H groups in total. The molecule has 0 aliphatic carbocycles. The third-order valence-corrected chi connectivity index (χ3v) is 1.54. The minimum atomic E-state index is -1.42. The Balaban J connectivity index is 3.30. The number of aliphatic hydroxyl groups excluding tert-OH is 1. The average Bonchev–Trinajstić information content (AvgIpc) is 2.14. The van der Waals surface area contributed by atoms with Crippen molar-refractivity contribution in [1.82, 2.24) is 5.32 Å². The van der Waals surface area contributed by atoms with Crippen LogP contribution in [0.3, 0.4) is 0 Å². The maximum absolute atomic E-state index is 12.9. The lowest BCUT2D eigenvalue weighted by molar-refractivity contribution is 0.0266. The first-order valence-corrected chi connectivity index (χ1v) is 4.76. The van der Waals surface area contributed by atoms with Crippen molar-refractivity contribution in [2.75, 3.05) is 26.4 Å². The van der Waals surface area contributed by atoms with Gasteiger partial charge in [-0.1, -0.05) is 13.8 Å². The Kier molecular flexibility index (Phi) is 7.93. The van der Waals surface area contributed by atoms with Crippen LogP contribution in [-0.4, -0.2) is 49.9 Å². The second-order valence-electron chi connectivity index (χ2n) is 3.48. The molecule has 0 aromatic heterocycles. The first-order valence-electron chi connectivity index (χ1n) is 4.76. The zero-order valence-corrected chi connectivity index (χ0v) is 8.67. The van der Waals surface area contributed by atoms with Gasteiger partial charge in [0.15, 0.2) is 0 Å². The van der Waals surface area contributed by atoms with Gasteiger partial charge in [0.25, 0.3) is 0 Å². The monoisotopic (exact) mass is 211 g/mol. The van der Waals surface area contributed by atoms with E-state index >= 15 is 0 Å². The van der Waals surface area contributed by atoms with E-state index in [2.05, 4.69) is 5.32 Å². The van der Waals surface area contributed by atoms with Crippen molar-refractivity contribution in [2.24, 2.45) is 0 Å². The number of halogens is 2. The van der Waals surface area contributed by atoms with Crippen molar-refractivity contribution in [2.45, 2.75) is 32.2 Å². The Morgan fingerprint density at radius 2 is 1.79 bits per heavy atom. The summed E-state index contributed by atoms with van der Waals surface area (Å²) >= 11 is 0. The van der Waals surface area contributed by atoms with Crippen LogP contribution in [0.1, 0.15) is 13.8 Å². The first kappa shape index (κ1) is 13.7. The van der Waals surface area contributed by atoms with Gasteiger partial charge in [0.2, 0.25) is 0 Å². The summed E-state index contributed by atoms with van der Waals surface area (Å²) in [5.74, 6) is 0. The molecule has 0 saturated heterocycles. The number of rotatable bonds is 8. The zero-order chi connectivity index (χ0) is 11.0. The predicted octanol–water partition coefficient (Wildman–Crippen LogP) is 0.669. The fourth-order valence-corrected chi connectivity index (χ4v) is 0.799. The maximum atomic E-state index is 12.9. The number of alkyl halides is 2. The molecule has 0 heterocycles. The standard InChI is InChI=1S/C9H19F2NO2/c1-7(2)12-3-8(10)5-14-6-9(11)4-13/h7-9,12-13H,3-6H2,1-2H3. The second-order valence-corrected chi connectivity index (χ2v) is 3.48. The topological polar surface area (TPSA) is 41.5 Å². The lowest BCUT2D eigenvalue weighted by Crippen LogP contribution is -2.32. The number of ether oxygens (including phenoxy) is 1. The molecule has 0 fully saturated rings. The van der Waals surface area contributed by atoms with Gasteiger partial charge in [0.05, 0.1) is 19.8 Å². The predicted molar refractivity (Wildman–Crippen MR) is 50.8 cm³/mol. The average molecular weight is 211 g/mol. The second kappa shape index (κ2) is 8.08. The summed E-state index contributed by atoms with van der Waals surface area (Å²) in [5.41, 5.74) is 0. The number of aliphatic hydroxyl groups is 1. The minimum absolute atomic E-state index is 0.139. The van der Waals surface area contributed by atoms with Crippen molar-refractivity contribution in [3.05, 3.63) is 0 Å². The van der Waals surface area contributed by atoms with Gasteiger partial charge < -0.3 is 15.2 Å². The lowest BCUT2D eigenvalue weighted by Gasteiger charge is -2.13. The Morgan fingerprint density at radius 1 is 1.21 bits per heavy atom. The van der Waals surface area contributed by atoms with E-state index in [1.54, 1.807) is 0 Å². The van der Waals surface area contributed by atoms with Gasteiger partial charge in [-0.2, -0.15) is 0 Å². The Hall–Kier alpha value is -0.260. The molecule has 0 amide bonds. The largest absolute Gasteiger partial charge is 0.393 e. The van der Waals surface area contributed by atoms with Crippen molar-refractivity contribution >= 4 is 0 Å². The van der Waals surface area contributed by atoms with E-state index in [9.17, 15) is 8.78 Å². The molecule has 0 aliphatic rings. The molecule has 0 radical (unpaired) electrons. The van der Waals surface area contributed by atoms with Gasteiger partial charge in [-0.25, -0.2) is 8.78 Å². The summed E-state index contributed by atoms with van der Waals surface area (Å²) in [6.07, 6.45) is -2.55. The molecular weight excluding hydrogens is 192 g/mol. The molecule has 0 aromatic rings. The van der Waals surface area contributed by atoms with Crippen LogP contribution < -0.4 is 5.32 Å². The summed E-state index contributed by atoms with van der Waals surface area (Å²) in [6.45, 7) is 3.06. The number of hydrogen-bond acceptors (Lipinski definition) is 3. The van der Waals surface area contributed by atoms with Gasteiger partial charge in [-0.15, -0.1) is 0 Å². The normalized spacial score (nSPS) is 15.9. The summed E-state index contributed by atoms with van der Waals surface area (Å²) in [7, 11) is 0. The molecule has 0 bridgehead atoms. The number of nitrogens with one attached hydrogen (secondary N) is 1.